The Morgan fingerprint density at radius 1 is 1.16 bits per heavy atom. The van der Waals surface area contributed by atoms with Crippen molar-refractivity contribution in [3.63, 3.8) is 0 Å². The number of hydrogen-bond acceptors (Lipinski definition) is 6. The molecule has 0 spiro atoms. The number of halogens is 2. The first kappa shape index (κ1) is 22.3. The molecule has 1 aromatic heterocycles. The number of benzene rings is 2. The Kier molecular flexibility index (Phi) is 6.74. The standard InChI is InChI=1S/C24H17Cl2NO4S/c1-2-30-24(29)21-22(28)20(32-23(21)27-15-6-4-3-5-7-15)13-16-9-11-19(31-16)17-10-8-14(25)12-18(17)26/h3-13,28H,2H2,1H3/b20-13-,27-23?. The molecular weight excluding hydrogens is 469 g/mol. The van der Waals surface area contributed by atoms with Crippen LogP contribution in [0.15, 0.2) is 86.3 Å². The van der Waals surface area contributed by atoms with E-state index < -0.39 is 5.97 Å². The van der Waals surface area contributed by atoms with Crippen molar-refractivity contribution in [2.45, 2.75) is 6.92 Å². The van der Waals surface area contributed by atoms with Crippen molar-refractivity contribution in [3.8, 4) is 11.3 Å². The zero-order valence-corrected chi connectivity index (χ0v) is 19.2. The molecule has 5 nitrogen and oxygen atoms in total. The molecule has 2 aromatic carbocycles. The zero-order chi connectivity index (χ0) is 22.7. The Hall–Kier alpha value is -2.93. The topological polar surface area (TPSA) is 72.0 Å². The van der Waals surface area contributed by atoms with Gasteiger partial charge in [-0.3, -0.25) is 0 Å². The summed E-state index contributed by atoms with van der Waals surface area (Å²) in [5, 5.41) is 12.1. The number of hydrogen-bond donors (Lipinski definition) is 1. The number of esters is 1. The average Bonchev–Trinajstić information content (AvgIpc) is 3.34. The van der Waals surface area contributed by atoms with Crippen LogP contribution >= 0.6 is 35.0 Å². The summed E-state index contributed by atoms with van der Waals surface area (Å²) >= 11 is 13.4. The lowest BCUT2D eigenvalue weighted by Crippen LogP contribution is -2.12. The Morgan fingerprint density at radius 2 is 1.94 bits per heavy atom. The van der Waals surface area contributed by atoms with Gasteiger partial charge in [0.2, 0.25) is 0 Å². The molecule has 0 bridgehead atoms. The minimum Gasteiger partial charge on any atom is -0.506 e. The molecule has 2 heterocycles. The molecule has 162 valence electrons. The smallest absolute Gasteiger partial charge is 0.344 e. The van der Waals surface area contributed by atoms with Gasteiger partial charge >= 0.3 is 5.97 Å². The van der Waals surface area contributed by atoms with E-state index in [4.69, 9.17) is 32.4 Å². The Labute approximate surface area is 199 Å². The fourth-order valence-electron chi connectivity index (χ4n) is 3.01. The number of aliphatic hydroxyl groups is 1. The fourth-order valence-corrected chi connectivity index (χ4v) is 4.52. The molecule has 1 aliphatic rings. The van der Waals surface area contributed by atoms with E-state index in [0.717, 1.165) is 11.8 Å². The molecule has 0 saturated carbocycles. The van der Waals surface area contributed by atoms with Crippen LogP contribution in [0, 0.1) is 0 Å². The Morgan fingerprint density at radius 3 is 2.66 bits per heavy atom. The summed E-state index contributed by atoms with van der Waals surface area (Å²) in [6, 6.07) is 17.8. The van der Waals surface area contributed by atoms with E-state index in [2.05, 4.69) is 4.99 Å². The van der Waals surface area contributed by atoms with Gasteiger partial charge in [-0.15, -0.1) is 0 Å². The predicted octanol–water partition coefficient (Wildman–Crippen LogP) is 7.45. The van der Waals surface area contributed by atoms with Crippen LogP contribution in [0.3, 0.4) is 0 Å². The molecular formula is C24H17Cl2NO4S. The minimum absolute atomic E-state index is 0.0273. The molecule has 3 aromatic rings. The Bertz CT molecular complexity index is 1260. The van der Waals surface area contributed by atoms with Gasteiger partial charge in [0.05, 0.1) is 22.2 Å². The van der Waals surface area contributed by atoms with E-state index >= 15 is 0 Å². The second kappa shape index (κ2) is 9.69. The van der Waals surface area contributed by atoms with Crippen LogP contribution in [0.4, 0.5) is 5.69 Å². The first-order valence-electron chi connectivity index (χ1n) is 9.66. The summed E-state index contributed by atoms with van der Waals surface area (Å²) in [6.45, 7) is 1.88. The van der Waals surface area contributed by atoms with Crippen LogP contribution < -0.4 is 0 Å². The summed E-state index contributed by atoms with van der Waals surface area (Å²) in [5.41, 5.74) is 1.38. The van der Waals surface area contributed by atoms with Gasteiger partial charge in [0.1, 0.15) is 27.9 Å². The van der Waals surface area contributed by atoms with Gasteiger partial charge in [-0.25, -0.2) is 9.79 Å². The van der Waals surface area contributed by atoms with E-state index in [1.54, 1.807) is 43.3 Å². The molecule has 32 heavy (non-hydrogen) atoms. The van der Waals surface area contributed by atoms with Gasteiger partial charge in [-0.1, -0.05) is 53.2 Å². The molecule has 0 atom stereocenters. The maximum atomic E-state index is 12.5. The SMILES string of the molecule is CCOC(=O)C1=C(O)/C(=C/c2ccc(-c3ccc(Cl)cc3Cl)o2)SC1=Nc1ccccc1. The number of thioether (sulfide) groups is 1. The quantitative estimate of drug-likeness (QED) is 0.380. The van der Waals surface area contributed by atoms with Crippen LogP contribution in [-0.4, -0.2) is 22.7 Å². The number of furan rings is 1. The summed E-state index contributed by atoms with van der Waals surface area (Å²) in [7, 11) is 0. The minimum atomic E-state index is -0.635. The van der Waals surface area contributed by atoms with Gasteiger partial charge in [0, 0.05) is 10.6 Å². The maximum absolute atomic E-state index is 12.5. The highest BCUT2D eigenvalue weighted by Gasteiger charge is 2.33. The molecule has 1 aliphatic heterocycles. The predicted molar refractivity (Wildman–Crippen MR) is 130 cm³/mol. The summed E-state index contributed by atoms with van der Waals surface area (Å²) in [5.74, 6) is 0.187. The van der Waals surface area contributed by atoms with E-state index in [0.29, 0.717) is 42.8 Å². The lowest BCUT2D eigenvalue weighted by molar-refractivity contribution is -0.138. The summed E-state index contributed by atoms with van der Waals surface area (Å²) in [6.07, 6.45) is 1.64. The molecule has 0 saturated heterocycles. The first-order chi connectivity index (χ1) is 15.5. The molecule has 0 fully saturated rings. The van der Waals surface area contributed by atoms with E-state index in [1.165, 1.54) is 0 Å². The van der Waals surface area contributed by atoms with Crippen LogP contribution in [0.2, 0.25) is 10.0 Å². The van der Waals surface area contributed by atoms with Crippen molar-refractivity contribution >= 4 is 57.7 Å². The second-order valence-electron chi connectivity index (χ2n) is 6.63. The third-order valence-electron chi connectivity index (χ3n) is 4.45. The summed E-state index contributed by atoms with van der Waals surface area (Å²) < 4.78 is 11.0. The van der Waals surface area contributed by atoms with Crippen LogP contribution in [0.5, 0.6) is 0 Å². The fraction of sp³-hybridized carbons (Fsp3) is 0.0833. The zero-order valence-electron chi connectivity index (χ0n) is 16.8. The number of ether oxygens (including phenoxy) is 1. The molecule has 0 aliphatic carbocycles. The first-order valence-corrected chi connectivity index (χ1v) is 11.2. The summed E-state index contributed by atoms with van der Waals surface area (Å²) in [4.78, 5) is 17.4. The van der Waals surface area contributed by atoms with Crippen molar-refractivity contribution in [1.82, 2.24) is 0 Å². The lowest BCUT2D eigenvalue weighted by atomic mass is 10.2. The van der Waals surface area contributed by atoms with Crippen molar-refractivity contribution in [2.75, 3.05) is 6.61 Å². The maximum Gasteiger partial charge on any atom is 0.344 e. The van der Waals surface area contributed by atoms with Crippen LogP contribution in [0.1, 0.15) is 12.7 Å². The molecule has 1 N–H and O–H groups in total. The van der Waals surface area contributed by atoms with Crippen molar-refractivity contribution in [1.29, 1.82) is 0 Å². The molecule has 0 radical (unpaired) electrons. The molecule has 8 heteroatoms. The number of rotatable bonds is 5. The monoisotopic (exact) mass is 485 g/mol. The van der Waals surface area contributed by atoms with Crippen molar-refractivity contribution in [2.24, 2.45) is 4.99 Å². The number of carbonyl (C=O) groups excluding carboxylic acids is 1. The molecule has 0 amide bonds. The number of para-hydroxylation sites is 1. The van der Waals surface area contributed by atoms with E-state index in [1.807, 2.05) is 30.3 Å². The highest BCUT2D eigenvalue weighted by atomic mass is 35.5. The van der Waals surface area contributed by atoms with Gasteiger partial charge < -0.3 is 14.3 Å². The van der Waals surface area contributed by atoms with Crippen molar-refractivity contribution < 1.29 is 19.1 Å². The third kappa shape index (κ3) is 4.78. The molecule has 0 unspecified atom stereocenters. The van der Waals surface area contributed by atoms with E-state index in [9.17, 15) is 9.90 Å². The number of aliphatic imine (C=N–C) groups is 1. The van der Waals surface area contributed by atoms with Gasteiger partial charge in [0.25, 0.3) is 0 Å². The molecule has 4 rings (SSSR count). The second-order valence-corrected chi connectivity index (χ2v) is 8.51. The van der Waals surface area contributed by atoms with Crippen LogP contribution in [-0.2, 0) is 9.53 Å². The van der Waals surface area contributed by atoms with Crippen molar-refractivity contribution in [3.05, 3.63) is 92.7 Å². The largest absolute Gasteiger partial charge is 0.506 e. The number of aliphatic hydroxyl groups excluding tert-OH is 1. The normalized spacial score (nSPS) is 16.2. The number of carbonyl (C=O) groups is 1. The number of nitrogens with zero attached hydrogens (tertiary/aromatic N) is 1. The highest BCUT2D eigenvalue weighted by Crippen LogP contribution is 2.41. The average molecular weight is 486 g/mol. The van der Waals surface area contributed by atoms with Crippen LogP contribution in [0.25, 0.3) is 17.4 Å². The highest BCUT2D eigenvalue weighted by molar-refractivity contribution is 8.18. The van der Waals surface area contributed by atoms with Gasteiger partial charge in [0.15, 0.2) is 0 Å². The Balaban J connectivity index is 1.70. The third-order valence-corrected chi connectivity index (χ3v) is 6.02. The van der Waals surface area contributed by atoms with Gasteiger partial charge in [-0.05, 0) is 55.5 Å². The lowest BCUT2D eigenvalue weighted by Gasteiger charge is -2.03. The van der Waals surface area contributed by atoms with Gasteiger partial charge in [-0.2, -0.15) is 0 Å². The van der Waals surface area contributed by atoms with E-state index in [-0.39, 0.29) is 17.9 Å².